The first-order valence-electron chi connectivity index (χ1n) is 4.03. The predicted molar refractivity (Wildman–Crippen MR) is 57.1 cm³/mol. The van der Waals surface area contributed by atoms with Crippen molar-refractivity contribution in [1.82, 2.24) is 0 Å². The van der Waals surface area contributed by atoms with E-state index in [0.717, 1.165) is 11.1 Å². The second-order valence-corrected chi connectivity index (χ2v) is 3.56. The fourth-order valence-corrected chi connectivity index (χ4v) is 1.54. The van der Waals surface area contributed by atoms with Gasteiger partial charge in [-0.15, -0.1) is 11.6 Å². The molecule has 14 heavy (non-hydrogen) atoms. The standard InChI is InChI=1S/C10H10Cl2O2/c1-6-3-7(5-11)8(4-9(6)12)10(13)14-2/h3-4H,5H2,1-2H3. The second kappa shape index (κ2) is 4.67. The van der Waals surface area contributed by atoms with E-state index in [1.165, 1.54) is 7.11 Å². The largest absolute Gasteiger partial charge is 0.465 e. The average Bonchev–Trinajstić information content (AvgIpc) is 2.20. The lowest BCUT2D eigenvalue weighted by atomic mass is 10.1. The van der Waals surface area contributed by atoms with E-state index < -0.39 is 5.97 Å². The average molecular weight is 233 g/mol. The Balaban J connectivity index is 3.27. The number of esters is 1. The Hall–Kier alpha value is -0.730. The number of hydrogen-bond acceptors (Lipinski definition) is 2. The summed E-state index contributed by atoms with van der Waals surface area (Å²) in [6, 6.07) is 3.38. The summed E-state index contributed by atoms with van der Waals surface area (Å²) < 4.78 is 4.62. The number of hydrogen-bond donors (Lipinski definition) is 0. The van der Waals surface area contributed by atoms with Gasteiger partial charge in [-0.2, -0.15) is 0 Å². The number of benzene rings is 1. The Bertz CT molecular complexity index is 361. The van der Waals surface area contributed by atoms with Gasteiger partial charge in [0, 0.05) is 10.9 Å². The number of rotatable bonds is 2. The highest BCUT2D eigenvalue weighted by Crippen LogP contribution is 2.22. The van der Waals surface area contributed by atoms with Crippen molar-refractivity contribution >= 4 is 29.2 Å². The van der Waals surface area contributed by atoms with Crippen LogP contribution >= 0.6 is 23.2 Å². The van der Waals surface area contributed by atoms with Crippen LogP contribution in [0.2, 0.25) is 5.02 Å². The SMILES string of the molecule is COC(=O)c1cc(Cl)c(C)cc1CCl. The zero-order valence-electron chi connectivity index (χ0n) is 7.93. The summed E-state index contributed by atoms with van der Waals surface area (Å²) in [7, 11) is 1.33. The first-order chi connectivity index (χ1) is 6.60. The molecule has 0 heterocycles. The number of alkyl halides is 1. The summed E-state index contributed by atoms with van der Waals surface area (Å²) in [5.41, 5.74) is 2.06. The van der Waals surface area contributed by atoms with Gasteiger partial charge in [-0.3, -0.25) is 0 Å². The van der Waals surface area contributed by atoms with Gasteiger partial charge in [0.05, 0.1) is 12.7 Å². The van der Waals surface area contributed by atoms with E-state index in [0.29, 0.717) is 10.6 Å². The van der Waals surface area contributed by atoms with Crippen molar-refractivity contribution in [2.24, 2.45) is 0 Å². The first-order valence-corrected chi connectivity index (χ1v) is 4.94. The van der Waals surface area contributed by atoms with Crippen molar-refractivity contribution < 1.29 is 9.53 Å². The first kappa shape index (κ1) is 11.3. The molecule has 0 aliphatic rings. The van der Waals surface area contributed by atoms with Gasteiger partial charge in [-0.1, -0.05) is 17.7 Å². The van der Waals surface area contributed by atoms with Gasteiger partial charge in [0.1, 0.15) is 0 Å². The maximum absolute atomic E-state index is 11.3. The summed E-state index contributed by atoms with van der Waals surface area (Å²) in [4.78, 5) is 11.3. The Kier molecular flexibility index (Phi) is 3.78. The molecule has 4 heteroatoms. The highest BCUT2D eigenvalue weighted by atomic mass is 35.5. The minimum atomic E-state index is -0.414. The minimum Gasteiger partial charge on any atom is -0.465 e. The molecule has 0 saturated carbocycles. The Morgan fingerprint density at radius 1 is 1.50 bits per heavy atom. The lowest BCUT2D eigenvalue weighted by Gasteiger charge is -2.07. The van der Waals surface area contributed by atoms with Crippen LogP contribution < -0.4 is 0 Å². The summed E-state index contributed by atoms with van der Waals surface area (Å²) in [5.74, 6) is -0.148. The lowest BCUT2D eigenvalue weighted by molar-refractivity contribution is 0.0600. The smallest absolute Gasteiger partial charge is 0.338 e. The fraction of sp³-hybridized carbons (Fsp3) is 0.300. The molecule has 0 saturated heterocycles. The van der Waals surface area contributed by atoms with Crippen LogP contribution in [-0.2, 0) is 10.6 Å². The molecule has 2 nitrogen and oxygen atoms in total. The fourth-order valence-electron chi connectivity index (χ4n) is 1.15. The summed E-state index contributed by atoms with van der Waals surface area (Å²) >= 11 is 11.6. The van der Waals surface area contributed by atoms with Crippen molar-refractivity contribution in [2.45, 2.75) is 12.8 Å². The zero-order chi connectivity index (χ0) is 10.7. The van der Waals surface area contributed by atoms with Gasteiger partial charge in [0.25, 0.3) is 0 Å². The van der Waals surface area contributed by atoms with Gasteiger partial charge in [-0.25, -0.2) is 4.79 Å². The molecule has 0 N–H and O–H groups in total. The Morgan fingerprint density at radius 2 is 2.14 bits per heavy atom. The molecule has 0 aliphatic carbocycles. The van der Waals surface area contributed by atoms with Crippen molar-refractivity contribution in [3.63, 3.8) is 0 Å². The van der Waals surface area contributed by atoms with Gasteiger partial charge in [0.15, 0.2) is 0 Å². The van der Waals surface area contributed by atoms with Gasteiger partial charge in [-0.05, 0) is 24.1 Å². The number of aryl methyl sites for hydroxylation is 1. The van der Waals surface area contributed by atoms with Crippen LogP contribution in [0.4, 0.5) is 0 Å². The van der Waals surface area contributed by atoms with Crippen LogP contribution in [0.15, 0.2) is 12.1 Å². The van der Waals surface area contributed by atoms with Gasteiger partial charge < -0.3 is 4.74 Å². The zero-order valence-corrected chi connectivity index (χ0v) is 9.45. The molecule has 1 rings (SSSR count). The third-order valence-electron chi connectivity index (χ3n) is 1.93. The van der Waals surface area contributed by atoms with Crippen molar-refractivity contribution in [1.29, 1.82) is 0 Å². The van der Waals surface area contributed by atoms with Gasteiger partial charge in [0.2, 0.25) is 0 Å². The van der Waals surface area contributed by atoms with Crippen molar-refractivity contribution in [2.75, 3.05) is 7.11 Å². The molecule has 0 fully saturated rings. The number of ether oxygens (including phenoxy) is 1. The van der Waals surface area contributed by atoms with Crippen LogP contribution in [0, 0.1) is 6.92 Å². The highest BCUT2D eigenvalue weighted by molar-refractivity contribution is 6.31. The van der Waals surface area contributed by atoms with E-state index in [2.05, 4.69) is 4.74 Å². The third kappa shape index (κ3) is 2.20. The number of methoxy groups -OCH3 is 1. The van der Waals surface area contributed by atoms with Crippen molar-refractivity contribution in [3.05, 3.63) is 33.8 Å². The van der Waals surface area contributed by atoms with Crippen molar-refractivity contribution in [3.8, 4) is 0 Å². The molecule has 1 aromatic carbocycles. The normalized spacial score (nSPS) is 10.0. The van der Waals surface area contributed by atoms with Crippen LogP contribution in [0.3, 0.4) is 0 Å². The predicted octanol–water partition coefficient (Wildman–Crippen LogP) is 3.17. The molecule has 0 bridgehead atoms. The van der Waals surface area contributed by atoms with Crippen LogP contribution in [0.25, 0.3) is 0 Å². The molecule has 0 amide bonds. The topological polar surface area (TPSA) is 26.3 Å². The van der Waals surface area contributed by atoms with E-state index in [-0.39, 0.29) is 5.88 Å². The maximum atomic E-state index is 11.3. The lowest BCUT2D eigenvalue weighted by Crippen LogP contribution is -2.05. The Labute approximate surface area is 92.8 Å². The summed E-state index contributed by atoms with van der Waals surface area (Å²) in [5, 5.41) is 0.541. The summed E-state index contributed by atoms with van der Waals surface area (Å²) in [6.45, 7) is 1.86. The van der Waals surface area contributed by atoms with E-state index >= 15 is 0 Å². The molecule has 1 aromatic rings. The summed E-state index contributed by atoms with van der Waals surface area (Å²) in [6.07, 6.45) is 0. The molecular weight excluding hydrogens is 223 g/mol. The molecule has 0 radical (unpaired) electrons. The number of carbonyl (C=O) groups is 1. The quantitative estimate of drug-likeness (QED) is 0.579. The molecule has 0 spiro atoms. The molecule has 0 aromatic heterocycles. The second-order valence-electron chi connectivity index (χ2n) is 2.88. The minimum absolute atomic E-state index is 0.266. The molecule has 0 unspecified atom stereocenters. The highest BCUT2D eigenvalue weighted by Gasteiger charge is 2.13. The van der Waals surface area contributed by atoms with Crippen LogP contribution in [0.1, 0.15) is 21.5 Å². The van der Waals surface area contributed by atoms with E-state index in [9.17, 15) is 4.79 Å². The number of carbonyl (C=O) groups excluding carboxylic acids is 1. The Morgan fingerprint density at radius 3 is 2.64 bits per heavy atom. The maximum Gasteiger partial charge on any atom is 0.338 e. The van der Waals surface area contributed by atoms with Crippen LogP contribution in [-0.4, -0.2) is 13.1 Å². The number of halogens is 2. The molecule has 76 valence electrons. The monoisotopic (exact) mass is 232 g/mol. The molecule has 0 aliphatic heterocycles. The van der Waals surface area contributed by atoms with Crippen LogP contribution in [0.5, 0.6) is 0 Å². The van der Waals surface area contributed by atoms with Gasteiger partial charge >= 0.3 is 5.97 Å². The molecular formula is C10H10Cl2O2. The van der Waals surface area contributed by atoms with E-state index in [4.69, 9.17) is 23.2 Å². The van der Waals surface area contributed by atoms with E-state index in [1.807, 2.05) is 6.92 Å². The third-order valence-corrected chi connectivity index (χ3v) is 2.63. The molecule has 0 atom stereocenters. The van der Waals surface area contributed by atoms with E-state index in [1.54, 1.807) is 12.1 Å².